The topological polar surface area (TPSA) is 75.9 Å². The third kappa shape index (κ3) is 4.03. The van der Waals surface area contributed by atoms with Crippen LogP contribution in [0.15, 0.2) is 47.1 Å². The predicted molar refractivity (Wildman–Crippen MR) is 85.1 cm³/mol. The maximum Gasteiger partial charge on any atom is 0.224 e. The zero-order valence-electron chi connectivity index (χ0n) is 12.6. The molecule has 3 aromatic rings. The van der Waals surface area contributed by atoms with Crippen LogP contribution in [0, 0.1) is 12.7 Å². The fraction of sp³-hybridized carbons (Fsp3) is 0.188. The van der Waals surface area contributed by atoms with Crippen LogP contribution in [-0.4, -0.2) is 21.7 Å². The van der Waals surface area contributed by atoms with Gasteiger partial charge in [-0.2, -0.15) is 4.98 Å². The van der Waals surface area contributed by atoms with E-state index in [1.165, 1.54) is 6.07 Å². The lowest BCUT2D eigenvalue weighted by molar-refractivity contribution is 0.400. The van der Waals surface area contributed by atoms with Crippen molar-refractivity contribution >= 4 is 17.6 Å². The average molecular weight is 313 g/mol. The molecule has 0 amide bonds. The molecule has 0 bridgehead atoms. The molecule has 0 saturated heterocycles. The third-order valence-corrected chi connectivity index (χ3v) is 3.17. The minimum Gasteiger partial charge on any atom is -0.360 e. The Kier molecular flexibility index (Phi) is 4.46. The molecule has 0 unspecified atom stereocenters. The van der Waals surface area contributed by atoms with Gasteiger partial charge in [-0.15, -0.1) is 0 Å². The highest BCUT2D eigenvalue weighted by atomic mass is 19.1. The number of rotatable bonds is 6. The van der Waals surface area contributed by atoms with Gasteiger partial charge in [-0.3, -0.25) is 0 Å². The molecular weight excluding hydrogens is 297 g/mol. The normalized spacial score (nSPS) is 10.5. The van der Waals surface area contributed by atoms with Crippen LogP contribution in [0.3, 0.4) is 0 Å². The molecule has 6 nitrogen and oxygen atoms in total. The van der Waals surface area contributed by atoms with Gasteiger partial charge in [0.05, 0.1) is 0 Å². The smallest absolute Gasteiger partial charge is 0.224 e. The van der Waals surface area contributed by atoms with E-state index in [0.29, 0.717) is 41.9 Å². The zero-order valence-corrected chi connectivity index (χ0v) is 12.6. The van der Waals surface area contributed by atoms with Crippen LogP contribution < -0.4 is 10.6 Å². The van der Waals surface area contributed by atoms with Gasteiger partial charge in [0, 0.05) is 18.8 Å². The van der Waals surface area contributed by atoms with E-state index in [9.17, 15) is 4.39 Å². The van der Waals surface area contributed by atoms with Crippen LogP contribution in [0.4, 0.5) is 22.0 Å². The second-order valence-electron chi connectivity index (χ2n) is 4.98. The Balaban J connectivity index is 1.58. The molecule has 2 aromatic heterocycles. The fourth-order valence-electron chi connectivity index (χ4n) is 2.08. The Morgan fingerprint density at radius 2 is 2.04 bits per heavy atom. The van der Waals surface area contributed by atoms with Gasteiger partial charge in [-0.1, -0.05) is 23.4 Å². The van der Waals surface area contributed by atoms with E-state index in [0.717, 1.165) is 0 Å². The van der Waals surface area contributed by atoms with E-state index in [1.54, 1.807) is 30.5 Å². The molecule has 3 rings (SSSR count). The molecule has 2 N–H and O–H groups in total. The molecule has 0 atom stereocenters. The summed E-state index contributed by atoms with van der Waals surface area (Å²) in [5.74, 6) is 2.16. The van der Waals surface area contributed by atoms with Crippen LogP contribution in [0.25, 0.3) is 0 Å². The largest absolute Gasteiger partial charge is 0.360 e. The van der Waals surface area contributed by atoms with Crippen LogP contribution in [0.5, 0.6) is 0 Å². The van der Waals surface area contributed by atoms with E-state index in [1.807, 2.05) is 13.0 Å². The molecule has 2 heterocycles. The Morgan fingerprint density at radius 3 is 2.83 bits per heavy atom. The van der Waals surface area contributed by atoms with Crippen LogP contribution in [0.1, 0.15) is 11.3 Å². The van der Waals surface area contributed by atoms with Gasteiger partial charge in [-0.05, 0) is 31.0 Å². The zero-order chi connectivity index (χ0) is 16.1. The van der Waals surface area contributed by atoms with Crippen molar-refractivity contribution in [2.24, 2.45) is 0 Å². The molecule has 0 radical (unpaired) electrons. The van der Waals surface area contributed by atoms with Crippen LogP contribution in [-0.2, 0) is 6.42 Å². The van der Waals surface area contributed by atoms with Crippen molar-refractivity contribution in [1.29, 1.82) is 0 Å². The molecular formula is C16H16FN5O. The van der Waals surface area contributed by atoms with E-state index >= 15 is 0 Å². The lowest BCUT2D eigenvalue weighted by Crippen LogP contribution is -2.09. The summed E-state index contributed by atoms with van der Waals surface area (Å²) >= 11 is 0. The highest BCUT2D eigenvalue weighted by Gasteiger charge is 2.04. The molecule has 7 heteroatoms. The Bertz CT molecular complexity index is 789. The maximum atomic E-state index is 13.5. The molecule has 0 aliphatic heterocycles. The van der Waals surface area contributed by atoms with Crippen molar-refractivity contribution in [3.63, 3.8) is 0 Å². The summed E-state index contributed by atoms with van der Waals surface area (Å²) < 4.78 is 18.5. The van der Waals surface area contributed by atoms with Crippen molar-refractivity contribution in [3.8, 4) is 0 Å². The number of benzene rings is 1. The molecule has 0 aliphatic rings. The van der Waals surface area contributed by atoms with E-state index in [4.69, 9.17) is 4.52 Å². The van der Waals surface area contributed by atoms with Gasteiger partial charge in [0.15, 0.2) is 5.82 Å². The SMILES string of the molecule is Cc1cc(Nc2ccnc(NCCc3ccccc3F)n2)no1. The van der Waals surface area contributed by atoms with Gasteiger partial charge >= 0.3 is 0 Å². The molecule has 0 fully saturated rings. The molecule has 1 aromatic carbocycles. The van der Waals surface area contributed by atoms with E-state index in [-0.39, 0.29) is 5.82 Å². The summed E-state index contributed by atoms with van der Waals surface area (Å²) in [6.45, 7) is 2.35. The number of hydrogen-bond donors (Lipinski definition) is 2. The first-order valence-electron chi connectivity index (χ1n) is 7.21. The van der Waals surface area contributed by atoms with Crippen molar-refractivity contribution in [3.05, 3.63) is 59.7 Å². The summed E-state index contributed by atoms with van der Waals surface area (Å²) in [6.07, 6.45) is 2.18. The van der Waals surface area contributed by atoms with E-state index in [2.05, 4.69) is 25.8 Å². The Hall–Kier alpha value is -2.96. The second-order valence-corrected chi connectivity index (χ2v) is 4.98. The summed E-state index contributed by atoms with van der Waals surface area (Å²) in [7, 11) is 0. The van der Waals surface area contributed by atoms with Gasteiger partial charge < -0.3 is 15.2 Å². The molecule has 0 saturated carbocycles. The van der Waals surface area contributed by atoms with Gasteiger partial charge in [0.1, 0.15) is 17.4 Å². The van der Waals surface area contributed by atoms with Crippen LogP contribution >= 0.6 is 0 Å². The minimum absolute atomic E-state index is 0.202. The minimum atomic E-state index is -0.202. The number of anilines is 3. The first kappa shape index (κ1) is 15.0. The molecule has 23 heavy (non-hydrogen) atoms. The second kappa shape index (κ2) is 6.87. The molecule has 0 spiro atoms. The number of halogens is 1. The number of aromatic nitrogens is 3. The van der Waals surface area contributed by atoms with Crippen molar-refractivity contribution in [1.82, 2.24) is 15.1 Å². The Morgan fingerprint density at radius 1 is 1.17 bits per heavy atom. The number of nitrogens with one attached hydrogen (secondary N) is 2. The fourth-order valence-corrected chi connectivity index (χ4v) is 2.08. The lowest BCUT2D eigenvalue weighted by atomic mass is 10.1. The summed E-state index contributed by atoms with van der Waals surface area (Å²) in [5.41, 5.74) is 0.660. The van der Waals surface area contributed by atoms with E-state index < -0.39 is 0 Å². The highest BCUT2D eigenvalue weighted by molar-refractivity contribution is 5.52. The van der Waals surface area contributed by atoms with Crippen LogP contribution in [0.2, 0.25) is 0 Å². The summed E-state index contributed by atoms with van der Waals surface area (Å²) in [5, 5.41) is 9.95. The van der Waals surface area contributed by atoms with Crippen molar-refractivity contribution in [2.45, 2.75) is 13.3 Å². The van der Waals surface area contributed by atoms with Gasteiger partial charge in [0.25, 0.3) is 0 Å². The third-order valence-electron chi connectivity index (χ3n) is 3.17. The number of nitrogens with zero attached hydrogens (tertiary/aromatic N) is 3. The lowest BCUT2D eigenvalue weighted by Gasteiger charge is -2.07. The average Bonchev–Trinajstić information content (AvgIpc) is 2.95. The standard InChI is InChI=1S/C16H16FN5O/c1-11-10-15(22-23-11)20-14-7-9-19-16(21-14)18-8-6-12-4-2-3-5-13(12)17/h2-5,7,9-10H,6,8H2,1H3,(H2,18,19,20,21,22). The number of hydrogen-bond acceptors (Lipinski definition) is 6. The van der Waals surface area contributed by atoms with Gasteiger partial charge in [-0.25, -0.2) is 9.37 Å². The summed E-state index contributed by atoms with van der Waals surface area (Å²) in [6, 6.07) is 10.2. The molecule has 118 valence electrons. The quantitative estimate of drug-likeness (QED) is 0.727. The first-order valence-corrected chi connectivity index (χ1v) is 7.21. The first-order chi connectivity index (χ1) is 11.2. The highest BCUT2D eigenvalue weighted by Crippen LogP contribution is 2.15. The van der Waals surface area contributed by atoms with Gasteiger partial charge in [0.2, 0.25) is 5.95 Å². The molecule has 0 aliphatic carbocycles. The number of aryl methyl sites for hydroxylation is 1. The van der Waals surface area contributed by atoms with Crippen molar-refractivity contribution < 1.29 is 8.91 Å². The van der Waals surface area contributed by atoms with Crippen molar-refractivity contribution in [2.75, 3.05) is 17.2 Å². The Labute approximate surface area is 132 Å². The maximum absolute atomic E-state index is 13.5. The summed E-state index contributed by atoms with van der Waals surface area (Å²) in [4.78, 5) is 8.46. The monoisotopic (exact) mass is 313 g/mol. The predicted octanol–water partition coefficient (Wildman–Crippen LogP) is 3.31.